The molecule has 0 aromatic heterocycles. The van der Waals surface area contributed by atoms with Crippen LogP contribution in [0.2, 0.25) is 0 Å². The lowest BCUT2D eigenvalue weighted by Crippen LogP contribution is -2.39. The minimum absolute atomic E-state index is 0.478. The van der Waals surface area contributed by atoms with Crippen LogP contribution in [-0.2, 0) is 4.79 Å². The van der Waals surface area contributed by atoms with Crippen LogP contribution in [0.3, 0.4) is 0 Å². The molecule has 1 unspecified atom stereocenters. The van der Waals surface area contributed by atoms with Gasteiger partial charge in [-0.15, -0.1) is 0 Å². The standard InChI is InChI=1S/C11H12BrNO/c12-11(9-14)7-4-8-13(11)10-5-2-1-3-6-10/h1-3,5-6,9H,4,7-8H2. The van der Waals surface area contributed by atoms with Crippen molar-refractivity contribution in [3.63, 3.8) is 0 Å². The second-order valence-electron chi connectivity index (χ2n) is 3.53. The Bertz CT molecular complexity index is 327. The van der Waals surface area contributed by atoms with Crippen molar-refractivity contribution >= 4 is 27.9 Å². The van der Waals surface area contributed by atoms with Crippen LogP contribution in [0.5, 0.6) is 0 Å². The molecule has 0 aliphatic carbocycles. The van der Waals surface area contributed by atoms with Crippen molar-refractivity contribution in [1.29, 1.82) is 0 Å². The summed E-state index contributed by atoms with van der Waals surface area (Å²) in [7, 11) is 0. The first-order valence-corrected chi connectivity index (χ1v) is 5.53. The van der Waals surface area contributed by atoms with Gasteiger partial charge in [-0.1, -0.05) is 34.1 Å². The summed E-state index contributed by atoms with van der Waals surface area (Å²) in [5.74, 6) is 0. The van der Waals surface area contributed by atoms with Crippen LogP contribution in [0.15, 0.2) is 30.3 Å². The van der Waals surface area contributed by atoms with E-state index in [4.69, 9.17) is 0 Å². The Labute approximate surface area is 92.0 Å². The number of para-hydroxylation sites is 1. The fourth-order valence-corrected chi connectivity index (χ4v) is 2.54. The highest BCUT2D eigenvalue weighted by Gasteiger charge is 2.38. The SMILES string of the molecule is O=CC1(Br)CCCN1c1ccccc1. The number of benzene rings is 1. The van der Waals surface area contributed by atoms with Crippen LogP contribution in [-0.4, -0.2) is 17.3 Å². The summed E-state index contributed by atoms with van der Waals surface area (Å²) in [5.41, 5.74) is 1.11. The van der Waals surface area contributed by atoms with Crippen LogP contribution < -0.4 is 4.90 Å². The minimum Gasteiger partial charge on any atom is -0.350 e. The Morgan fingerprint density at radius 1 is 1.36 bits per heavy atom. The van der Waals surface area contributed by atoms with Gasteiger partial charge in [0.05, 0.1) is 0 Å². The average Bonchev–Trinajstić information content (AvgIpc) is 2.63. The van der Waals surface area contributed by atoms with Gasteiger partial charge >= 0.3 is 0 Å². The van der Waals surface area contributed by atoms with Gasteiger partial charge in [0.25, 0.3) is 0 Å². The van der Waals surface area contributed by atoms with E-state index in [1.807, 2.05) is 30.3 Å². The van der Waals surface area contributed by atoms with Gasteiger partial charge in [0.2, 0.25) is 0 Å². The molecule has 1 saturated heterocycles. The molecular weight excluding hydrogens is 242 g/mol. The second kappa shape index (κ2) is 3.73. The number of halogens is 1. The van der Waals surface area contributed by atoms with Crippen molar-refractivity contribution in [3.05, 3.63) is 30.3 Å². The molecule has 2 nitrogen and oxygen atoms in total. The van der Waals surface area contributed by atoms with E-state index < -0.39 is 4.45 Å². The van der Waals surface area contributed by atoms with Crippen LogP contribution in [0, 0.1) is 0 Å². The van der Waals surface area contributed by atoms with Crippen molar-refractivity contribution in [3.8, 4) is 0 Å². The fourth-order valence-electron chi connectivity index (χ4n) is 1.88. The molecule has 0 N–H and O–H groups in total. The van der Waals surface area contributed by atoms with Crippen molar-refractivity contribution in [2.45, 2.75) is 17.3 Å². The fraction of sp³-hybridized carbons (Fsp3) is 0.364. The van der Waals surface area contributed by atoms with Gasteiger partial charge in [-0.05, 0) is 25.0 Å². The van der Waals surface area contributed by atoms with Gasteiger partial charge in [0, 0.05) is 12.2 Å². The second-order valence-corrected chi connectivity index (χ2v) is 4.90. The maximum atomic E-state index is 11.0. The number of anilines is 1. The van der Waals surface area contributed by atoms with E-state index in [0.29, 0.717) is 0 Å². The highest BCUT2D eigenvalue weighted by molar-refractivity contribution is 9.10. The zero-order valence-electron chi connectivity index (χ0n) is 7.82. The summed E-state index contributed by atoms with van der Waals surface area (Å²) in [6.07, 6.45) is 2.93. The van der Waals surface area contributed by atoms with Crippen LogP contribution >= 0.6 is 15.9 Å². The summed E-state index contributed by atoms with van der Waals surface area (Å²) in [6.45, 7) is 0.938. The minimum atomic E-state index is -0.478. The lowest BCUT2D eigenvalue weighted by molar-refractivity contribution is -0.109. The number of carbonyl (C=O) groups excluding carboxylic acids is 1. The summed E-state index contributed by atoms with van der Waals surface area (Å²) in [5, 5.41) is 0. The van der Waals surface area contributed by atoms with E-state index >= 15 is 0 Å². The van der Waals surface area contributed by atoms with Crippen molar-refractivity contribution in [1.82, 2.24) is 0 Å². The molecule has 74 valence electrons. The Balaban J connectivity index is 2.31. The third kappa shape index (κ3) is 1.57. The zero-order valence-corrected chi connectivity index (χ0v) is 9.40. The number of carbonyl (C=O) groups is 1. The van der Waals surface area contributed by atoms with E-state index in [1.165, 1.54) is 0 Å². The van der Waals surface area contributed by atoms with E-state index in [-0.39, 0.29) is 0 Å². The van der Waals surface area contributed by atoms with Crippen molar-refractivity contribution < 1.29 is 4.79 Å². The van der Waals surface area contributed by atoms with E-state index in [0.717, 1.165) is 31.4 Å². The molecule has 1 aliphatic heterocycles. The highest BCUT2D eigenvalue weighted by atomic mass is 79.9. The molecule has 0 radical (unpaired) electrons. The molecule has 0 bridgehead atoms. The first kappa shape index (κ1) is 9.71. The zero-order chi connectivity index (χ0) is 10.0. The Morgan fingerprint density at radius 2 is 2.07 bits per heavy atom. The van der Waals surface area contributed by atoms with Crippen LogP contribution in [0.25, 0.3) is 0 Å². The summed E-state index contributed by atoms with van der Waals surface area (Å²) in [4.78, 5) is 13.1. The predicted octanol–water partition coefficient (Wildman–Crippen LogP) is 2.58. The molecule has 0 amide bonds. The third-order valence-electron chi connectivity index (χ3n) is 2.61. The molecule has 1 aliphatic rings. The molecule has 2 rings (SSSR count). The van der Waals surface area contributed by atoms with Gasteiger partial charge in [0.1, 0.15) is 0 Å². The quantitative estimate of drug-likeness (QED) is 0.459. The molecule has 1 aromatic carbocycles. The molecular formula is C11H12BrNO. The first-order valence-electron chi connectivity index (χ1n) is 4.74. The molecule has 1 aromatic rings. The summed E-state index contributed by atoms with van der Waals surface area (Å²) >= 11 is 3.51. The molecule has 3 heteroatoms. The number of alkyl halides is 1. The van der Waals surface area contributed by atoms with Crippen molar-refractivity contribution in [2.24, 2.45) is 0 Å². The van der Waals surface area contributed by atoms with Gasteiger partial charge in [-0.25, -0.2) is 0 Å². The number of aldehydes is 1. The Morgan fingerprint density at radius 3 is 2.71 bits per heavy atom. The molecule has 1 fully saturated rings. The van der Waals surface area contributed by atoms with E-state index in [9.17, 15) is 4.79 Å². The third-order valence-corrected chi connectivity index (χ3v) is 3.62. The van der Waals surface area contributed by atoms with Crippen LogP contribution in [0.1, 0.15) is 12.8 Å². The topological polar surface area (TPSA) is 20.3 Å². The normalized spacial score (nSPS) is 26.5. The maximum Gasteiger partial charge on any atom is 0.156 e. The largest absolute Gasteiger partial charge is 0.350 e. The number of hydrogen-bond acceptors (Lipinski definition) is 2. The Kier molecular flexibility index (Phi) is 2.59. The van der Waals surface area contributed by atoms with Gasteiger partial charge < -0.3 is 4.90 Å². The van der Waals surface area contributed by atoms with E-state index in [1.54, 1.807) is 0 Å². The van der Waals surface area contributed by atoms with Gasteiger partial charge in [-0.3, -0.25) is 4.79 Å². The summed E-state index contributed by atoms with van der Waals surface area (Å²) in [6, 6.07) is 10.0. The molecule has 0 spiro atoms. The number of nitrogens with zero attached hydrogens (tertiary/aromatic N) is 1. The highest BCUT2D eigenvalue weighted by Crippen LogP contribution is 2.36. The van der Waals surface area contributed by atoms with Crippen molar-refractivity contribution in [2.75, 3.05) is 11.4 Å². The number of rotatable bonds is 2. The average molecular weight is 254 g/mol. The van der Waals surface area contributed by atoms with E-state index in [2.05, 4.69) is 20.8 Å². The van der Waals surface area contributed by atoms with Gasteiger partial charge in [0.15, 0.2) is 10.7 Å². The maximum absolute atomic E-state index is 11.0. The smallest absolute Gasteiger partial charge is 0.156 e. The Hall–Kier alpha value is -0.830. The number of hydrogen-bond donors (Lipinski definition) is 0. The predicted molar refractivity (Wildman–Crippen MR) is 60.7 cm³/mol. The molecule has 1 atom stereocenters. The van der Waals surface area contributed by atoms with Crippen LogP contribution in [0.4, 0.5) is 5.69 Å². The first-order chi connectivity index (χ1) is 6.76. The molecule has 1 heterocycles. The summed E-state index contributed by atoms with van der Waals surface area (Å²) < 4.78 is -0.478. The monoisotopic (exact) mass is 253 g/mol. The van der Waals surface area contributed by atoms with Gasteiger partial charge in [-0.2, -0.15) is 0 Å². The lowest BCUT2D eigenvalue weighted by Gasteiger charge is -2.30. The molecule has 14 heavy (non-hydrogen) atoms. The lowest BCUT2D eigenvalue weighted by atomic mass is 10.2. The molecule has 0 saturated carbocycles.